The van der Waals surface area contributed by atoms with Crippen LogP contribution in [0.25, 0.3) is 0 Å². The number of amides is 2. The van der Waals surface area contributed by atoms with Crippen LogP contribution in [0.4, 0.5) is 5.82 Å². The Labute approximate surface area is 175 Å². The lowest BCUT2D eigenvalue weighted by Crippen LogP contribution is -2.40. The van der Waals surface area contributed by atoms with E-state index < -0.39 is 5.91 Å². The van der Waals surface area contributed by atoms with Crippen molar-refractivity contribution in [3.63, 3.8) is 0 Å². The van der Waals surface area contributed by atoms with Crippen molar-refractivity contribution in [3.05, 3.63) is 53.7 Å². The van der Waals surface area contributed by atoms with Crippen molar-refractivity contribution in [3.8, 4) is 5.75 Å². The van der Waals surface area contributed by atoms with Gasteiger partial charge in [0.1, 0.15) is 17.1 Å². The SMILES string of the molecule is C=CC(=O)N1CCCC(n2nc(C3CCOc4ccccc4C3)c(C(N)=O)c2N)C1. The van der Waals surface area contributed by atoms with Crippen LogP contribution in [0.5, 0.6) is 5.75 Å². The van der Waals surface area contributed by atoms with Gasteiger partial charge in [-0.2, -0.15) is 5.10 Å². The standard InChI is InChI=1S/C22H27N5O3/c1-2-18(28)26-10-5-7-16(13-26)27-21(23)19(22(24)29)20(25-27)15-9-11-30-17-8-4-3-6-14(17)12-15/h2-4,6,8,15-16H,1,5,7,9-13,23H2,(H2,24,29). The van der Waals surface area contributed by atoms with Crippen molar-refractivity contribution in [1.82, 2.24) is 14.7 Å². The largest absolute Gasteiger partial charge is 0.493 e. The Morgan fingerprint density at radius 2 is 2.07 bits per heavy atom. The lowest BCUT2D eigenvalue weighted by atomic mass is 9.91. The fourth-order valence-electron chi connectivity index (χ4n) is 4.49. The van der Waals surface area contributed by atoms with Gasteiger partial charge in [0.2, 0.25) is 5.91 Å². The van der Waals surface area contributed by atoms with Crippen molar-refractivity contribution in [1.29, 1.82) is 0 Å². The highest BCUT2D eigenvalue weighted by Crippen LogP contribution is 2.36. The second-order valence-corrected chi connectivity index (χ2v) is 7.88. The predicted octanol–water partition coefficient (Wildman–Crippen LogP) is 2.02. The maximum atomic E-state index is 12.3. The van der Waals surface area contributed by atoms with Gasteiger partial charge >= 0.3 is 0 Å². The third-order valence-electron chi connectivity index (χ3n) is 6.00. The summed E-state index contributed by atoms with van der Waals surface area (Å²) in [6.45, 7) is 5.25. The third kappa shape index (κ3) is 3.65. The van der Waals surface area contributed by atoms with E-state index >= 15 is 0 Å². The molecule has 8 nitrogen and oxygen atoms in total. The number of para-hydroxylation sites is 1. The van der Waals surface area contributed by atoms with Crippen LogP contribution in [0.15, 0.2) is 36.9 Å². The number of aromatic nitrogens is 2. The molecule has 3 heterocycles. The molecule has 30 heavy (non-hydrogen) atoms. The number of anilines is 1. The van der Waals surface area contributed by atoms with Gasteiger partial charge < -0.3 is 21.1 Å². The van der Waals surface area contributed by atoms with Crippen LogP contribution in [0.1, 0.15) is 52.8 Å². The van der Waals surface area contributed by atoms with E-state index in [1.54, 1.807) is 9.58 Å². The molecule has 1 aromatic carbocycles. The summed E-state index contributed by atoms with van der Waals surface area (Å²) >= 11 is 0. The number of hydrogen-bond donors (Lipinski definition) is 2. The summed E-state index contributed by atoms with van der Waals surface area (Å²) in [4.78, 5) is 26.1. The average molecular weight is 409 g/mol. The molecule has 1 saturated heterocycles. The van der Waals surface area contributed by atoms with Crippen LogP contribution in [-0.4, -0.2) is 46.2 Å². The third-order valence-corrected chi connectivity index (χ3v) is 6.00. The summed E-state index contributed by atoms with van der Waals surface area (Å²) in [5.74, 6) is 0.405. The summed E-state index contributed by atoms with van der Waals surface area (Å²) in [5.41, 5.74) is 14.1. The van der Waals surface area contributed by atoms with Crippen LogP contribution in [-0.2, 0) is 11.2 Å². The molecule has 8 heteroatoms. The Balaban J connectivity index is 1.68. The zero-order valence-electron chi connectivity index (χ0n) is 16.9. The molecule has 1 fully saturated rings. The number of nitrogens with two attached hydrogens (primary N) is 2. The van der Waals surface area contributed by atoms with E-state index in [1.165, 1.54) is 6.08 Å². The average Bonchev–Trinajstić information content (AvgIpc) is 2.96. The number of fused-ring (bicyclic) bond motifs is 1. The van der Waals surface area contributed by atoms with E-state index in [-0.39, 0.29) is 29.2 Å². The minimum Gasteiger partial charge on any atom is -0.493 e. The fourth-order valence-corrected chi connectivity index (χ4v) is 4.49. The number of nitrogen functional groups attached to an aromatic ring is 1. The first-order valence-electron chi connectivity index (χ1n) is 10.3. The molecule has 4 N–H and O–H groups in total. The van der Waals surface area contributed by atoms with Crippen molar-refractivity contribution in [2.45, 2.75) is 37.6 Å². The highest BCUT2D eigenvalue weighted by molar-refractivity contribution is 5.98. The van der Waals surface area contributed by atoms with E-state index in [0.717, 1.165) is 24.2 Å². The number of piperidine rings is 1. The maximum absolute atomic E-state index is 12.3. The maximum Gasteiger partial charge on any atom is 0.254 e. The van der Waals surface area contributed by atoms with Crippen LogP contribution < -0.4 is 16.2 Å². The molecule has 0 bridgehead atoms. The van der Waals surface area contributed by atoms with Gasteiger partial charge in [0.25, 0.3) is 5.91 Å². The predicted molar refractivity (Wildman–Crippen MR) is 113 cm³/mol. The molecule has 0 saturated carbocycles. The molecule has 158 valence electrons. The zero-order chi connectivity index (χ0) is 21.3. The van der Waals surface area contributed by atoms with Crippen molar-refractivity contribution in [2.75, 3.05) is 25.4 Å². The van der Waals surface area contributed by atoms with E-state index in [2.05, 4.69) is 6.58 Å². The Bertz CT molecular complexity index is 983. The van der Waals surface area contributed by atoms with Gasteiger partial charge in [-0.3, -0.25) is 9.59 Å². The summed E-state index contributed by atoms with van der Waals surface area (Å²) in [6, 6.07) is 7.79. The molecule has 4 rings (SSSR count). The molecule has 2 aromatic rings. The fraction of sp³-hybridized carbons (Fsp3) is 0.409. The molecule has 0 spiro atoms. The molecular formula is C22H27N5O3. The van der Waals surface area contributed by atoms with E-state index in [9.17, 15) is 9.59 Å². The quantitative estimate of drug-likeness (QED) is 0.750. The van der Waals surface area contributed by atoms with Gasteiger partial charge in [-0.25, -0.2) is 4.68 Å². The van der Waals surface area contributed by atoms with Gasteiger partial charge in [0, 0.05) is 19.0 Å². The molecule has 2 aliphatic rings. The lowest BCUT2D eigenvalue weighted by Gasteiger charge is -2.32. The van der Waals surface area contributed by atoms with Gasteiger partial charge in [-0.05, 0) is 43.4 Å². The molecule has 2 amide bonds. The number of ether oxygens (including phenoxy) is 1. The summed E-state index contributed by atoms with van der Waals surface area (Å²) in [7, 11) is 0. The Morgan fingerprint density at radius 1 is 1.27 bits per heavy atom. The Morgan fingerprint density at radius 3 is 2.83 bits per heavy atom. The summed E-state index contributed by atoms with van der Waals surface area (Å²) in [5, 5.41) is 4.78. The van der Waals surface area contributed by atoms with E-state index in [1.807, 2.05) is 24.3 Å². The van der Waals surface area contributed by atoms with Gasteiger partial charge in [-0.1, -0.05) is 24.8 Å². The molecule has 2 atom stereocenters. The van der Waals surface area contributed by atoms with Crippen LogP contribution >= 0.6 is 0 Å². The lowest BCUT2D eigenvalue weighted by molar-refractivity contribution is -0.127. The monoisotopic (exact) mass is 409 g/mol. The number of hydrogen-bond acceptors (Lipinski definition) is 5. The normalized spacial score (nSPS) is 21.3. The zero-order valence-corrected chi connectivity index (χ0v) is 16.9. The van der Waals surface area contributed by atoms with E-state index in [0.29, 0.717) is 38.2 Å². The molecular weight excluding hydrogens is 382 g/mol. The second-order valence-electron chi connectivity index (χ2n) is 7.88. The van der Waals surface area contributed by atoms with E-state index in [4.69, 9.17) is 21.3 Å². The molecule has 0 radical (unpaired) electrons. The van der Waals surface area contributed by atoms with Gasteiger partial charge in [0.15, 0.2) is 0 Å². The Kier molecular flexibility index (Phi) is 5.48. The first-order chi connectivity index (χ1) is 14.5. The van der Waals surface area contributed by atoms with Crippen LogP contribution in [0.3, 0.4) is 0 Å². The number of nitrogens with zero attached hydrogens (tertiary/aromatic N) is 3. The first-order valence-corrected chi connectivity index (χ1v) is 10.3. The minimum absolute atomic E-state index is 0.0331. The van der Waals surface area contributed by atoms with Gasteiger partial charge in [-0.15, -0.1) is 0 Å². The van der Waals surface area contributed by atoms with Crippen LogP contribution in [0, 0.1) is 0 Å². The highest BCUT2D eigenvalue weighted by atomic mass is 16.5. The minimum atomic E-state index is -0.581. The molecule has 0 aliphatic carbocycles. The molecule has 1 aromatic heterocycles. The number of carbonyl (C=O) groups excluding carboxylic acids is 2. The van der Waals surface area contributed by atoms with Crippen molar-refractivity contribution >= 4 is 17.6 Å². The number of likely N-dealkylation sites (tertiary alicyclic amines) is 1. The number of primary amides is 1. The number of benzene rings is 1. The Hall–Kier alpha value is -3.29. The van der Waals surface area contributed by atoms with Crippen molar-refractivity contribution < 1.29 is 14.3 Å². The first kappa shape index (κ1) is 20.0. The van der Waals surface area contributed by atoms with Crippen LogP contribution in [0.2, 0.25) is 0 Å². The number of carbonyl (C=O) groups is 2. The topological polar surface area (TPSA) is 116 Å². The molecule has 2 aliphatic heterocycles. The summed E-state index contributed by atoms with van der Waals surface area (Å²) < 4.78 is 7.56. The molecule has 2 unspecified atom stereocenters. The van der Waals surface area contributed by atoms with Crippen molar-refractivity contribution in [2.24, 2.45) is 5.73 Å². The number of rotatable bonds is 4. The summed E-state index contributed by atoms with van der Waals surface area (Å²) in [6.07, 6.45) is 4.37. The van der Waals surface area contributed by atoms with Gasteiger partial charge in [0.05, 0.1) is 18.3 Å². The highest BCUT2D eigenvalue weighted by Gasteiger charge is 2.32. The second kappa shape index (κ2) is 8.22. The smallest absolute Gasteiger partial charge is 0.254 e.